The Hall–Kier alpha value is -3.04. The Morgan fingerprint density at radius 1 is 0.737 bits per heavy atom. The molecule has 19 heavy (non-hydrogen) atoms. The highest BCUT2D eigenvalue weighted by Gasteiger charge is 2.28. The first-order valence-corrected chi connectivity index (χ1v) is 5.81. The van der Waals surface area contributed by atoms with Crippen LogP contribution in [0.1, 0.15) is 11.1 Å². The van der Waals surface area contributed by atoms with Crippen molar-refractivity contribution in [1.82, 2.24) is 0 Å². The minimum absolute atomic E-state index is 0.543. The third kappa shape index (κ3) is 1.43. The molecule has 0 aliphatic heterocycles. The summed E-state index contributed by atoms with van der Waals surface area (Å²) in [6, 6.07) is 17.0. The SMILES string of the molecule is N#Cc1cccc(C#N)c2c3c(N)ccccc-3c1-2. The van der Waals surface area contributed by atoms with E-state index in [-0.39, 0.29) is 0 Å². The number of nitrogens with two attached hydrogens (primary N) is 1. The Kier molecular flexibility index (Phi) is 2.34. The molecule has 0 fully saturated rings. The third-order valence-electron chi connectivity index (χ3n) is 3.28. The van der Waals surface area contributed by atoms with Gasteiger partial charge >= 0.3 is 0 Å². The van der Waals surface area contributed by atoms with Gasteiger partial charge in [0.05, 0.1) is 23.3 Å². The summed E-state index contributed by atoms with van der Waals surface area (Å²) in [6.45, 7) is 0. The van der Waals surface area contributed by atoms with E-state index in [1.54, 1.807) is 18.2 Å². The van der Waals surface area contributed by atoms with Crippen molar-refractivity contribution < 1.29 is 0 Å². The fraction of sp³-hybridized carbons (Fsp3) is 0. The van der Waals surface area contributed by atoms with Crippen LogP contribution in [0.2, 0.25) is 0 Å². The number of hydrogen-bond donors (Lipinski definition) is 1. The fourth-order valence-electron chi connectivity index (χ4n) is 2.46. The predicted molar refractivity (Wildman–Crippen MR) is 73.5 cm³/mol. The van der Waals surface area contributed by atoms with Crippen molar-refractivity contribution in [2.45, 2.75) is 0 Å². The first-order chi connectivity index (χ1) is 9.27. The molecular weight excluding hydrogens is 234 g/mol. The number of nitrogens with zero attached hydrogens (tertiary/aromatic N) is 2. The lowest BCUT2D eigenvalue weighted by atomic mass is 9.78. The Bertz CT molecular complexity index is 806. The molecule has 0 atom stereocenters. The van der Waals surface area contributed by atoms with Crippen molar-refractivity contribution in [3.05, 3.63) is 53.6 Å². The lowest BCUT2D eigenvalue weighted by molar-refractivity contribution is 1.46. The van der Waals surface area contributed by atoms with Gasteiger partial charge in [-0.05, 0) is 23.8 Å². The second-order valence-corrected chi connectivity index (χ2v) is 4.29. The molecule has 3 nitrogen and oxygen atoms in total. The van der Waals surface area contributed by atoms with E-state index in [0.717, 1.165) is 22.3 Å². The van der Waals surface area contributed by atoms with Crippen molar-refractivity contribution in [2.24, 2.45) is 0 Å². The zero-order chi connectivity index (χ0) is 13.4. The van der Waals surface area contributed by atoms with E-state index in [1.807, 2.05) is 24.3 Å². The summed E-state index contributed by atoms with van der Waals surface area (Å²) in [5.41, 5.74) is 11.2. The van der Waals surface area contributed by atoms with Gasteiger partial charge in [0, 0.05) is 22.4 Å². The number of hydrogen-bond acceptors (Lipinski definition) is 3. The van der Waals surface area contributed by atoms with Crippen LogP contribution in [-0.4, -0.2) is 0 Å². The van der Waals surface area contributed by atoms with Crippen molar-refractivity contribution in [1.29, 1.82) is 10.5 Å². The van der Waals surface area contributed by atoms with E-state index < -0.39 is 0 Å². The summed E-state index contributed by atoms with van der Waals surface area (Å²) in [7, 11) is 0. The smallest absolute Gasteiger partial charge is 0.0998 e. The van der Waals surface area contributed by atoms with Crippen molar-refractivity contribution in [3.63, 3.8) is 0 Å². The summed E-state index contributed by atoms with van der Waals surface area (Å²) in [4.78, 5) is 0. The molecule has 3 aliphatic carbocycles. The van der Waals surface area contributed by atoms with Gasteiger partial charge in [-0.3, -0.25) is 0 Å². The molecule has 88 valence electrons. The van der Waals surface area contributed by atoms with Gasteiger partial charge < -0.3 is 5.73 Å². The maximum Gasteiger partial charge on any atom is 0.0998 e. The first kappa shape index (κ1) is 11.1. The minimum Gasteiger partial charge on any atom is -0.398 e. The van der Waals surface area contributed by atoms with Crippen LogP contribution in [0.3, 0.4) is 0 Å². The molecule has 0 radical (unpaired) electrons. The molecule has 0 amide bonds. The summed E-state index contributed by atoms with van der Waals surface area (Å²) in [5, 5.41) is 18.5. The van der Waals surface area contributed by atoms with Gasteiger partial charge in [0.25, 0.3) is 0 Å². The molecule has 3 heteroatoms. The summed E-state index contributed by atoms with van der Waals surface area (Å²) < 4.78 is 0. The molecule has 0 unspecified atom stereocenters. The van der Waals surface area contributed by atoms with Gasteiger partial charge in [0.2, 0.25) is 0 Å². The zero-order valence-corrected chi connectivity index (χ0v) is 10.0. The van der Waals surface area contributed by atoms with Gasteiger partial charge in [-0.1, -0.05) is 24.3 Å². The first-order valence-electron chi connectivity index (χ1n) is 5.81. The van der Waals surface area contributed by atoms with Crippen molar-refractivity contribution in [2.75, 3.05) is 5.73 Å². The quantitative estimate of drug-likeness (QED) is 0.658. The largest absolute Gasteiger partial charge is 0.398 e. The summed E-state index contributed by atoms with van der Waals surface area (Å²) >= 11 is 0. The highest BCUT2D eigenvalue weighted by molar-refractivity contribution is 6.10. The molecular formula is C16H9N3. The highest BCUT2D eigenvalue weighted by atomic mass is 14.6. The van der Waals surface area contributed by atoms with Crippen LogP contribution in [0.25, 0.3) is 22.3 Å². The van der Waals surface area contributed by atoms with E-state index in [1.165, 1.54) is 0 Å². The van der Waals surface area contributed by atoms with E-state index in [9.17, 15) is 10.5 Å². The molecule has 3 rings (SSSR count). The standard InChI is InChI=1S/C16H9N3/c17-8-10-4-3-5-11(9-18)15-14(10)12-6-1-2-7-13(19)16(12)15/h1-7H,19H2. The van der Waals surface area contributed by atoms with Crippen LogP contribution in [0.4, 0.5) is 5.69 Å². The third-order valence-corrected chi connectivity index (χ3v) is 3.28. The lowest BCUT2D eigenvalue weighted by Gasteiger charge is -2.23. The van der Waals surface area contributed by atoms with Crippen molar-refractivity contribution >= 4 is 5.69 Å². The van der Waals surface area contributed by atoms with E-state index in [2.05, 4.69) is 12.1 Å². The minimum atomic E-state index is 0.543. The van der Waals surface area contributed by atoms with E-state index in [4.69, 9.17) is 5.73 Å². The van der Waals surface area contributed by atoms with Crippen LogP contribution >= 0.6 is 0 Å². The molecule has 0 bridgehead atoms. The van der Waals surface area contributed by atoms with Crippen LogP contribution in [0.5, 0.6) is 0 Å². The van der Waals surface area contributed by atoms with Crippen LogP contribution in [0.15, 0.2) is 42.5 Å². The summed E-state index contributed by atoms with van der Waals surface area (Å²) in [5.74, 6) is 0. The van der Waals surface area contributed by atoms with Gasteiger partial charge in [0.15, 0.2) is 0 Å². The van der Waals surface area contributed by atoms with Gasteiger partial charge in [0.1, 0.15) is 0 Å². The van der Waals surface area contributed by atoms with E-state index in [0.29, 0.717) is 16.8 Å². The highest BCUT2D eigenvalue weighted by Crippen LogP contribution is 2.51. The molecule has 0 aromatic carbocycles. The Balaban J connectivity index is 2.54. The van der Waals surface area contributed by atoms with Crippen LogP contribution in [0, 0.1) is 22.7 Å². The second-order valence-electron chi connectivity index (χ2n) is 4.29. The Morgan fingerprint density at radius 3 is 2.05 bits per heavy atom. The zero-order valence-electron chi connectivity index (χ0n) is 10.0. The number of nitriles is 2. The molecule has 2 N–H and O–H groups in total. The molecule has 3 aliphatic rings. The topological polar surface area (TPSA) is 73.6 Å². The second kappa shape index (κ2) is 4.01. The molecule has 0 spiro atoms. The van der Waals surface area contributed by atoms with Crippen LogP contribution < -0.4 is 5.73 Å². The number of anilines is 1. The normalized spacial score (nSPS) is 10.2. The monoisotopic (exact) mass is 243 g/mol. The fourth-order valence-corrected chi connectivity index (χ4v) is 2.46. The van der Waals surface area contributed by atoms with Gasteiger partial charge in [-0.2, -0.15) is 10.5 Å². The number of fused-ring (bicyclic) bond motifs is 4. The van der Waals surface area contributed by atoms with E-state index >= 15 is 0 Å². The lowest BCUT2D eigenvalue weighted by Crippen LogP contribution is -2.03. The molecule has 0 aromatic rings. The van der Waals surface area contributed by atoms with Crippen molar-refractivity contribution in [3.8, 4) is 34.4 Å². The average Bonchev–Trinajstić information content (AvgIpc) is 2.64. The predicted octanol–water partition coefficient (Wildman–Crippen LogP) is 3.22. The number of nitrogen functional groups attached to an aromatic ring is 1. The maximum absolute atomic E-state index is 9.26. The average molecular weight is 243 g/mol. The molecule has 0 saturated carbocycles. The van der Waals surface area contributed by atoms with Gasteiger partial charge in [-0.25, -0.2) is 0 Å². The Morgan fingerprint density at radius 2 is 1.37 bits per heavy atom. The maximum atomic E-state index is 9.26. The van der Waals surface area contributed by atoms with Gasteiger partial charge in [-0.15, -0.1) is 0 Å². The molecule has 0 aromatic heterocycles. The molecule has 0 heterocycles. The Labute approximate surface area is 110 Å². The number of rotatable bonds is 0. The molecule has 0 saturated heterocycles. The van der Waals surface area contributed by atoms with Crippen LogP contribution in [-0.2, 0) is 0 Å². The summed E-state index contributed by atoms with van der Waals surface area (Å²) in [6.07, 6.45) is 0.